The Balaban J connectivity index is 0.000000156. The van der Waals surface area contributed by atoms with Crippen LogP contribution in [0.25, 0.3) is 44.5 Å². The van der Waals surface area contributed by atoms with E-state index in [2.05, 4.69) is 79.7 Å². The van der Waals surface area contributed by atoms with E-state index in [0.717, 1.165) is 81.3 Å². The number of benzene rings is 8. The Hall–Kier alpha value is -6.82. The van der Waals surface area contributed by atoms with Crippen LogP contribution in [0.1, 0.15) is 226 Å². The smallest absolute Gasteiger partial charge is 0.131 e. The normalized spacial score (nSPS) is 19.6. The Morgan fingerprint density at radius 1 is 0.310 bits per heavy atom. The molecule has 12 heteroatoms. The average Bonchev–Trinajstić information content (AvgIpc) is 0.792. The van der Waals surface area contributed by atoms with Crippen LogP contribution in [0.3, 0.4) is 0 Å². The molecule has 4 fully saturated rings. The summed E-state index contributed by atoms with van der Waals surface area (Å²) < 4.78 is 79.7. The molecule has 100 heavy (non-hydrogen) atoms. The van der Waals surface area contributed by atoms with Gasteiger partial charge in [0.05, 0.1) is 41.7 Å². The largest absolute Gasteiger partial charge is 0.497 e. The van der Waals surface area contributed by atoms with Crippen LogP contribution in [-0.2, 0) is 25.0 Å². The van der Waals surface area contributed by atoms with Crippen molar-refractivity contribution in [3.63, 3.8) is 0 Å². The van der Waals surface area contributed by atoms with Crippen molar-refractivity contribution in [3.8, 4) is 67.5 Å². The monoisotopic (exact) mass is 1400 g/mol. The lowest BCUT2D eigenvalue weighted by atomic mass is 9.65. The zero-order chi connectivity index (χ0) is 72.1. The molecule has 536 valence electrons. The Bertz CT molecular complexity index is 3530. The predicted molar refractivity (Wildman–Crippen MR) is 404 cm³/mol. The van der Waals surface area contributed by atoms with Crippen LogP contribution in [0.5, 0.6) is 23.0 Å². The van der Waals surface area contributed by atoms with Crippen LogP contribution in [0.15, 0.2) is 146 Å². The average molecular weight is 1410 g/mol. The number of alkyl halides is 2. The molecule has 4 aliphatic carbocycles. The summed E-state index contributed by atoms with van der Waals surface area (Å²) in [6.07, 6.45) is 19.0. The van der Waals surface area contributed by atoms with Crippen molar-refractivity contribution < 1.29 is 46.7 Å². The number of aliphatic hydroxyl groups excluding tert-OH is 2. The topological polar surface area (TPSA) is 77.4 Å². The summed E-state index contributed by atoms with van der Waals surface area (Å²) in [6, 6.07) is 43.8. The highest BCUT2D eigenvalue weighted by Crippen LogP contribution is 2.54. The van der Waals surface area contributed by atoms with Crippen LogP contribution in [0, 0.1) is 44.9 Å². The highest BCUT2D eigenvalue weighted by atomic mass is 35.5. The van der Waals surface area contributed by atoms with Gasteiger partial charge in [0.2, 0.25) is 0 Å². The van der Waals surface area contributed by atoms with Gasteiger partial charge in [-0.15, -0.1) is 23.2 Å². The van der Waals surface area contributed by atoms with Crippen molar-refractivity contribution in [2.75, 3.05) is 28.4 Å². The molecular formula is C88H106Cl2F4O6. The fourth-order valence-corrected chi connectivity index (χ4v) is 16.9. The molecule has 8 aromatic rings. The number of rotatable bonds is 16. The molecule has 0 heterocycles. The van der Waals surface area contributed by atoms with Crippen molar-refractivity contribution in [2.24, 2.45) is 21.7 Å². The van der Waals surface area contributed by atoms with Gasteiger partial charge in [0, 0.05) is 34.0 Å². The van der Waals surface area contributed by atoms with E-state index >= 15 is 0 Å². The third-order valence-electron chi connectivity index (χ3n) is 22.5. The number of methoxy groups -OCH3 is 4. The number of hydrogen-bond acceptors (Lipinski definition) is 6. The number of halogens is 6. The summed E-state index contributed by atoms with van der Waals surface area (Å²) in [7, 11) is 6.41. The van der Waals surface area contributed by atoms with Gasteiger partial charge in [0.15, 0.2) is 0 Å². The van der Waals surface area contributed by atoms with E-state index in [4.69, 9.17) is 42.1 Å². The predicted octanol–water partition coefficient (Wildman–Crippen LogP) is 25.2. The minimum absolute atomic E-state index is 0.00101. The molecule has 0 aromatic heterocycles. The zero-order valence-corrected chi connectivity index (χ0v) is 62.6. The number of ether oxygens (including phenoxy) is 4. The molecule has 6 nitrogen and oxygen atoms in total. The van der Waals surface area contributed by atoms with E-state index in [1.165, 1.54) is 112 Å². The number of hydrogen-bond donors (Lipinski definition) is 2. The van der Waals surface area contributed by atoms with Gasteiger partial charge in [0.1, 0.15) is 46.3 Å². The molecular weight excluding hydrogens is 1300 g/mol. The van der Waals surface area contributed by atoms with E-state index in [0.29, 0.717) is 80.7 Å². The summed E-state index contributed by atoms with van der Waals surface area (Å²) in [5.74, 6) is 4.20. The zero-order valence-electron chi connectivity index (χ0n) is 61.1. The fraction of sp³-hybridized carbons (Fsp3) is 0.455. The van der Waals surface area contributed by atoms with E-state index in [-0.39, 0.29) is 58.1 Å². The second kappa shape index (κ2) is 34.4. The Morgan fingerprint density at radius 3 is 0.730 bits per heavy atom. The van der Waals surface area contributed by atoms with Crippen molar-refractivity contribution in [1.82, 2.24) is 0 Å². The summed E-state index contributed by atoms with van der Waals surface area (Å²) >= 11 is 12.2. The van der Waals surface area contributed by atoms with E-state index in [1.54, 1.807) is 77.0 Å². The quantitative estimate of drug-likeness (QED) is 0.0741. The molecule has 4 atom stereocenters. The van der Waals surface area contributed by atoms with Crippen LogP contribution >= 0.6 is 23.2 Å². The summed E-state index contributed by atoms with van der Waals surface area (Å²) in [5.41, 5.74) is 15.5. The molecule has 0 radical (unpaired) electrons. The van der Waals surface area contributed by atoms with Crippen molar-refractivity contribution in [2.45, 2.75) is 207 Å². The highest BCUT2D eigenvalue weighted by Gasteiger charge is 2.39. The first-order valence-corrected chi connectivity index (χ1v) is 37.1. The van der Waals surface area contributed by atoms with Crippen LogP contribution < -0.4 is 18.9 Å². The first kappa shape index (κ1) is 77.3. The van der Waals surface area contributed by atoms with Crippen LogP contribution in [-0.4, -0.2) is 38.7 Å². The Kier molecular flexibility index (Phi) is 26.6. The maximum absolute atomic E-state index is 14.6. The minimum Gasteiger partial charge on any atom is -0.497 e. The maximum Gasteiger partial charge on any atom is 0.131 e. The van der Waals surface area contributed by atoms with Gasteiger partial charge in [0.25, 0.3) is 0 Å². The highest BCUT2D eigenvalue weighted by molar-refractivity contribution is 6.17. The molecule has 0 bridgehead atoms. The van der Waals surface area contributed by atoms with Crippen molar-refractivity contribution in [3.05, 3.63) is 213 Å². The van der Waals surface area contributed by atoms with Crippen LogP contribution in [0.4, 0.5) is 17.6 Å². The van der Waals surface area contributed by atoms with Gasteiger partial charge < -0.3 is 29.2 Å². The first-order chi connectivity index (χ1) is 47.8. The Labute approximate surface area is 604 Å². The molecule has 8 aromatic carbocycles. The number of aliphatic hydroxyl groups is 2. The van der Waals surface area contributed by atoms with Gasteiger partial charge in [-0.3, -0.25) is 0 Å². The van der Waals surface area contributed by atoms with Crippen LogP contribution in [0.2, 0.25) is 0 Å². The maximum atomic E-state index is 14.6. The van der Waals surface area contributed by atoms with Gasteiger partial charge in [-0.1, -0.05) is 180 Å². The molecule has 0 unspecified atom stereocenters. The summed E-state index contributed by atoms with van der Waals surface area (Å²) in [6.45, 7) is 18.5. The standard InChI is InChI=1S/2C22H26ClFO.2C22H27FO2/c2*1-22(2)11-5-4-6-20(22)18-12-15(14-23)7-9-17(18)19-13-16(25-3)8-10-21(19)24;2*1-22(2)11-5-4-6-20(22)18-12-15(14-24)7-9-17(18)19-13-16(25-3)8-10-21(19)23/h2*7-10,12-13,20H,4-6,11,14H2,1-3H3;2*7-10,12-13,20,24H,4-6,11,14H2,1-3H3/t4*20-/m1010/s1. The lowest BCUT2D eigenvalue weighted by Crippen LogP contribution is -2.26. The second-order valence-corrected chi connectivity index (χ2v) is 31.3. The van der Waals surface area contributed by atoms with Gasteiger partial charge in [-0.2, -0.15) is 0 Å². The van der Waals surface area contributed by atoms with Gasteiger partial charge in [-0.25, -0.2) is 17.6 Å². The molecule has 4 saturated carbocycles. The molecule has 0 aliphatic heterocycles. The minimum atomic E-state index is -0.243. The lowest BCUT2D eigenvalue weighted by Gasteiger charge is -2.40. The van der Waals surface area contributed by atoms with E-state index in [9.17, 15) is 27.8 Å². The second-order valence-electron chi connectivity index (χ2n) is 30.8. The first-order valence-electron chi connectivity index (χ1n) is 36.0. The van der Waals surface area contributed by atoms with E-state index in [1.807, 2.05) is 48.5 Å². The fourth-order valence-electron chi connectivity index (χ4n) is 16.6. The molecule has 0 spiro atoms. The van der Waals surface area contributed by atoms with Gasteiger partial charge >= 0.3 is 0 Å². The van der Waals surface area contributed by atoms with Crippen molar-refractivity contribution >= 4 is 23.2 Å². The third kappa shape index (κ3) is 18.3. The van der Waals surface area contributed by atoms with Crippen molar-refractivity contribution in [1.29, 1.82) is 0 Å². The molecule has 12 rings (SSSR count). The summed E-state index contributed by atoms with van der Waals surface area (Å²) in [5, 5.41) is 19.2. The lowest BCUT2D eigenvalue weighted by molar-refractivity contribution is 0.199. The SMILES string of the molecule is COc1ccc(F)c(-c2ccc(CCl)cc2[C@@H]2CCCCC2(C)C)c1.COc1ccc(F)c(-c2ccc(CCl)cc2[C@H]2CCCCC2(C)C)c1.COc1ccc(F)c(-c2ccc(CO)cc2[C@@H]2CCCCC2(C)C)c1.COc1ccc(F)c(-c2ccc(CO)cc2[C@H]2CCCCC2(C)C)c1. The van der Waals surface area contributed by atoms with Gasteiger partial charge in [-0.05, 0) is 236 Å². The Morgan fingerprint density at radius 2 is 0.530 bits per heavy atom. The van der Waals surface area contributed by atoms with E-state index < -0.39 is 0 Å². The molecule has 0 saturated heterocycles. The molecule has 4 aliphatic rings. The third-order valence-corrected chi connectivity index (χ3v) is 23.1. The molecule has 0 amide bonds. The summed E-state index contributed by atoms with van der Waals surface area (Å²) in [4.78, 5) is 0. The molecule has 2 N–H and O–H groups in total.